The Morgan fingerprint density at radius 2 is 2.21 bits per heavy atom. The fraction of sp³-hybridized carbons (Fsp3) is 0.538. The summed E-state index contributed by atoms with van der Waals surface area (Å²) in [7, 11) is 1.66. The number of hydrogen-bond acceptors (Lipinski definition) is 5. The molecule has 0 unspecified atom stereocenters. The topological polar surface area (TPSA) is 84.0 Å². The van der Waals surface area contributed by atoms with Gasteiger partial charge in [0, 0.05) is 23.9 Å². The van der Waals surface area contributed by atoms with E-state index in [9.17, 15) is 0 Å². The minimum Gasteiger partial charge on any atom is -0.496 e. The number of oxime groups is 1. The molecule has 0 aliphatic heterocycles. The van der Waals surface area contributed by atoms with Gasteiger partial charge >= 0.3 is 0 Å². The first-order chi connectivity index (χ1) is 9.03. The highest BCUT2D eigenvalue weighted by molar-refractivity contribution is 5.81. The summed E-state index contributed by atoms with van der Waals surface area (Å²) in [5, 5.41) is 11.6. The van der Waals surface area contributed by atoms with Crippen LogP contribution >= 0.6 is 0 Å². The second-order valence-corrected chi connectivity index (χ2v) is 4.44. The number of aryl methyl sites for hydroxylation is 1. The van der Waals surface area contributed by atoms with Crippen molar-refractivity contribution in [3.05, 3.63) is 23.0 Å². The van der Waals surface area contributed by atoms with Crippen LogP contribution in [0.1, 0.15) is 23.7 Å². The molecule has 106 valence electrons. The van der Waals surface area contributed by atoms with Gasteiger partial charge in [-0.15, -0.1) is 0 Å². The van der Waals surface area contributed by atoms with Crippen molar-refractivity contribution in [2.75, 3.05) is 20.2 Å². The van der Waals surface area contributed by atoms with Crippen LogP contribution in [-0.4, -0.2) is 41.1 Å². The first-order valence-electron chi connectivity index (χ1n) is 6.21. The van der Waals surface area contributed by atoms with E-state index in [4.69, 9.17) is 15.7 Å². The Balaban J connectivity index is 2.92. The van der Waals surface area contributed by atoms with Crippen molar-refractivity contribution in [3.8, 4) is 5.75 Å². The van der Waals surface area contributed by atoms with Crippen LogP contribution in [0.15, 0.2) is 11.4 Å². The predicted molar refractivity (Wildman–Crippen MR) is 74.6 cm³/mol. The molecule has 6 heteroatoms. The number of rotatable bonds is 6. The summed E-state index contributed by atoms with van der Waals surface area (Å²) >= 11 is 0. The van der Waals surface area contributed by atoms with Gasteiger partial charge in [-0.3, -0.25) is 9.88 Å². The van der Waals surface area contributed by atoms with Gasteiger partial charge in [-0.25, -0.2) is 0 Å². The number of nitrogens with two attached hydrogens (primary N) is 1. The van der Waals surface area contributed by atoms with Gasteiger partial charge in [-0.05, 0) is 20.4 Å². The molecule has 0 aliphatic rings. The molecule has 0 bridgehead atoms. The summed E-state index contributed by atoms with van der Waals surface area (Å²) in [6.45, 7) is 7.81. The monoisotopic (exact) mass is 266 g/mol. The molecule has 1 aromatic heterocycles. The van der Waals surface area contributed by atoms with Gasteiger partial charge < -0.3 is 15.7 Å². The molecule has 0 aliphatic carbocycles. The number of aromatic nitrogens is 1. The number of amidine groups is 1. The minimum atomic E-state index is 0.193. The molecular formula is C13H22N4O2. The van der Waals surface area contributed by atoms with Crippen molar-refractivity contribution in [3.63, 3.8) is 0 Å². The highest BCUT2D eigenvalue weighted by atomic mass is 16.5. The molecule has 0 amide bonds. The second kappa shape index (κ2) is 6.94. The van der Waals surface area contributed by atoms with E-state index in [1.807, 2.05) is 25.7 Å². The number of methoxy groups -OCH3 is 1. The van der Waals surface area contributed by atoms with Crippen LogP contribution in [0.5, 0.6) is 5.75 Å². The predicted octanol–water partition coefficient (Wildman–Crippen LogP) is 1.28. The second-order valence-electron chi connectivity index (χ2n) is 4.44. The molecule has 0 fully saturated rings. The zero-order chi connectivity index (χ0) is 14.4. The summed E-state index contributed by atoms with van der Waals surface area (Å²) in [6.07, 6.45) is 1.80. The van der Waals surface area contributed by atoms with E-state index in [2.05, 4.69) is 10.1 Å². The van der Waals surface area contributed by atoms with Crippen molar-refractivity contribution in [1.29, 1.82) is 0 Å². The maximum absolute atomic E-state index is 8.62. The molecular weight excluding hydrogens is 244 g/mol. The van der Waals surface area contributed by atoms with E-state index in [0.717, 1.165) is 29.1 Å². The third-order valence-corrected chi connectivity index (χ3v) is 3.08. The molecule has 0 spiro atoms. The van der Waals surface area contributed by atoms with Crippen molar-refractivity contribution in [2.24, 2.45) is 10.9 Å². The summed E-state index contributed by atoms with van der Waals surface area (Å²) < 4.78 is 5.39. The summed E-state index contributed by atoms with van der Waals surface area (Å²) in [4.78, 5) is 6.48. The Bertz CT molecular complexity index is 460. The Morgan fingerprint density at radius 3 is 2.74 bits per heavy atom. The van der Waals surface area contributed by atoms with Gasteiger partial charge in [-0.1, -0.05) is 12.1 Å². The van der Waals surface area contributed by atoms with E-state index < -0.39 is 0 Å². The van der Waals surface area contributed by atoms with Crippen LogP contribution in [-0.2, 0) is 6.54 Å². The third kappa shape index (κ3) is 3.82. The molecule has 0 aromatic carbocycles. The third-order valence-electron chi connectivity index (χ3n) is 3.08. The van der Waals surface area contributed by atoms with Gasteiger partial charge in [0.2, 0.25) is 0 Å². The number of ether oxygens (including phenoxy) is 1. The fourth-order valence-electron chi connectivity index (χ4n) is 1.98. The average Bonchev–Trinajstić information content (AvgIpc) is 2.41. The van der Waals surface area contributed by atoms with E-state index in [0.29, 0.717) is 13.1 Å². The average molecular weight is 266 g/mol. The lowest BCUT2D eigenvalue weighted by Crippen LogP contribution is -2.34. The van der Waals surface area contributed by atoms with Crippen LogP contribution in [0, 0.1) is 13.8 Å². The molecule has 1 heterocycles. The van der Waals surface area contributed by atoms with E-state index in [1.54, 1.807) is 13.3 Å². The van der Waals surface area contributed by atoms with Crippen molar-refractivity contribution >= 4 is 5.84 Å². The van der Waals surface area contributed by atoms with E-state index >= 15 is 0 Å². The van der Waals surface area contributed by atoms with Crippen molar-refractivity contribution in [2.45, 2.75) is 27.3 Å². The highest BCUT2D eigenvalue weighted by Crippen LogP contribution is 2.24. The van der Waals surface area contributed by atoms with Gasteiger partial charge in [0.25, 0.3) is 0 Å². The van der Waals surface area contributed by atoms with Crippen molar-refractivity contribution < 1.29 is 9.94 Å². The van der Waals surface area contributed by atoms with Crippen molar-refractivity contribution in [1.82, 2.24) is 9.88 Å². The summed E-state index contributed by atoms with van der Waals surface area (Å²) in [6, 6.07) is 0. The van der Waals surface area contributed by atoms with Crippen LogP contribution in [0.25, 0.3) is 0 Å². The Kier molecular flexibility index (Phi) is 5.57. The van der Waals surface area contributed by atoms with Crippen LogP contribution < -0.4 is 10.5 Å². The van der Waals surface area contributed by atoms with E-state index in [1.165, 1.54) is 0 Å². The zero-order valence-electron chi connectivity index (χ0n) is 12.0. The van der Waals surface area contributed by atoms with Gasteiger partial charge in [0.15, 0.2) is 5.84 Å². The lowest BCUT2D eigenvalue weighted by Gasteiger charge is -2.21. The van der Waals surface area contributed by atoms with Crippen LogP contribution in [0.2, 0.25) is 0 Å². The van der Waals surface area contributed by atoms with Gasteiger partial charge in [0.05, 0.1) is 19.3 Å². The number of hydrogen-bond donors (Lipinski definition) is 2. The molecule has 0 radical (unpaired) electrons. The minimum absolute atomic E-state index is 0.193. The number of likely N-dealkylation sites (N-methyl/N-ethyl adjacent to an activating group) is 1. The normalized spacial score (nSPS) is 11.9. The summed E-state index contributed by atoms with van der Waals surface area (Å²) in [5.41, 5.74) is 8.52. The van der Waals surface area contributed by atoms with Crippen LogP contribution in [0.3, 0.4) is 0 Å². The first-order valence-corrected chi connectivity index (χ1v) is 6.21. The lowest BCUT2D eigenvalue weighted by molar-refractivity contribution is 0.292. The van der Waals surface area contributed by atoms with E-state index in [-0.39, 0.29) is 5.84 Å². The fourth-order valence-corrected chi connectivity index (χ4v) is 1.98. The number of nitrogens with zero attached hydrogens (tertiary/aromatic N) is 3. The molecule has 3 N–H and O–H groups in total. The van der Waals surface area contributed by atoms with Gasteiger partial charge in [-0.2, -0.15) is 0 Å². The molecule has 0 saturated carbocycles. The Hall–Kier alpha value is -1.82. The Morgan fingerprint density at radius 1 is 1.53 bits per heavy atom. The molecule has 1 aromatic rings. The van der Waals surface area contributed by atoms with Gasteiger partial charge in [0.1, 0.15) is 5.75 Å². The highest BCUT2D eigenvalue weighted by Gasteiger charge is 2.13. The maximum atomic E-state index is 8.62. The quantitative estimate of drug-likeness (QED) is 0.351. The molecule has 6 nitrogen and oxygen atoms in total. The molecule has 0 saturated heterocycles. The molecule has 19 heavy (non-hydrogen) atoms. The SMILES string of the molecule is CCN(CC(N)=NO)Cc1ncc(C)c(OC)c1C. The smallest absolute Gasteiger partial charge is 0.153 e. The number of pyridine rings is 1. The molecule has 0 atom stereocenters. The molecule has 1 rings (SSSR count). The first kappa shape index (κ1) is 15.2. The largest absolute Gasteiger partial charge is 0.496 e. The maximum Gasteiger partial charge on any atom is 0.153 e. The standard InChI is InChI=1S/C13H22N4O2/c1-5-17(8-12(14)16-18)7-11-10(3)13(19-4)9(2)6-15-11/h6,18H,5,7-8H2,1-4H3,(H2,14,16). The zero-order valence-corrected chi connectivity index (χ0v) is 12.0. The van der Waals surface area contributed by atoms with Crippen LogP contribution in [0.4, 0.5) is 0 Å². The summed E-state index contributed by atoms with van der Waals surface area (Å²) in [5.74, 6) is 1.06. The Labute approximate surface area is 113 Å². The lowest BCUT2D eigenvalue weighted by atomic mass is 10.1.